The van der Waals surface area contributed by atoms with Crippen molar-refractivity contribution in [1.82, 2.24) is 14.8 Å². The van der Waals surface area contributed by atoms with Crippen molar-refractivity contribution in [1.29, 1.82) is 0 Å². The van der Waals surface area contributed by atoms with Crippen molar-refractivity contribution in [2.45, 2.75) is 33.9 Å². The van der Waals surface area contributed by atoms with Crippen LogP contribution in [-0.2, 0) is 13.2 Å². The minimum atomic E-state index is -0.0881. The Labute approximate surface area is 121 Å². The van der Waals surface area contributed by atoms with Gasteiger partial charge in [-0.15, -0.1) is 10.2 Å². The predicted molar refractivity (Wildman–Crippen MR) is 78.7 cm³/mol. The molecule has 1 aromatic heterocycles. The van der Waals surface area contributed by atoms with E-state index in [1.165, 1.54) is 0 Å². The van der Waals surface area contributed by atoms with E-state index >= 15 is 0 Å². The van der Waals surface area contributed by atoms with Crippen molar-refractivity contribution < 1.29 is 5.11 Å². The van der Waals surface area contributed by atoms with Crippen LogP contribution >= 0.6 is 15.9 Å². The molecule has 102 valence electrons. The van der Waals surface area contributed by atoms with Gasteiger partial charge in [0.15, 0.2) is 11.6 Å². The first-order valence-corrected chi connectivity index (χ1v) is 7.11. The molecule has 0 fully saturated rings. The summed E-state index contributed by atoms with van der Waals surface area (Å²) in [7, 11) is 0. The smallest absolute Gasteiger partial charge is 0.164 e. The lowest BCUT2D eigenvalue weighted by molar-refractivity contribution is 0.262. The molecule has 0 atom stereocenters. The van der Waals surface area contributed by atoms with Crippen LogP contribution in [0, 0.1) is 12.8 Å². The van der Waals surface area contributed by atoms with Crippen LogP contribution in [0.1, 0.15) is 25.2 Å². The molecule has 0 saturated heterocycles. The van der Waals surface area contributed by atoms with E-state index in [1.54, 1.807) is 0 Å². The number of aliphatic hydroxyl groups excluding tert-OH is 1. The predicted octanol–water partition coefficient (Wildman–Crippen LogP) is 3.16. The first-order valence-electron chi connectivity index (χ1n) is 6.32. The van der Waals surface area contributed by atoms with Gasteiger partial charge < -0.3 is 9.67 Å². The highest BCUT2D eigenvalue weighted by Crippen LogP contribution is 2.25. The average Bonchev–Trinajstić information content (AvgIpc) is 2.75. The fourth-order valence-corrected chi connectivity index (χ4v) is 2.25. The second-order valence-corrected chi connectivity index (χ2v) is 5.92. The molecule has 0 aliphatic rings. The van der Waals surface area contributed by atoms with Crippen molar-refractivity contribution in [3.8, 4) is 11.4 Å². The zero-order valence-electron chi connectivity index (χ0n) is 11.4. The Morgan fingerprint density at radius 1 is 1.32 bits per heavy atom. The van der Waals surface area contributed by atoms with E-state index < -0.39 is 0 Å². The Bertz CT molecular complexity index is 578. The molecule has 0 amide bonds. The Balaban J connectivity index is 2.48. The summed E-state index contributed by atoms with van der Waals surface area (Å²) in [5.74, 6) is 1.90. The minimum absolute atomic E-state index is 0.0881. The highest BCUT2D eigenvalue weighted by Gasteiger charge is 2.14. The van der Waals surface area contributed by atoms with E-state index in [0.29, 0.717) is 11.7 Å². The number of aliphatic hydroxyl groups is 1. The summed E-state index contributed by atoms with van der Waals surface area (Å²) in [5, 5.41) is 17.6. The second kappa shape index (κ2) is 5.84. The number of aryl methyl sites for hydroxylation is 1. The van der Waals surface area contributed by atoms with Crippen LogP contribution in [0.25, 0.3) is 11.4 Å². The SMILES string of the molecule is Cc1cc(-c2nnc(CO)n2CC(C)C)ccc1Br. The van der Waals surface area contributed by atoms with E-state index in [-0.39, 0.29) is 6.61 Å². The summed E-state index contributed by atoms with van der Waals surface area (Å²) >= 11 is 3.50. The Kier molecular flexibility index (Phi) is 4.37. The summed E-state index contributed by atoms with van der Waals surface area (Å²) < 4.78 is 3.07. The molecule has 0 radical (unpaired) electrons. The van der Waals surface area contributed by atoms with Crippen molar-refractivity contribution in [2.75, 3.05) is 0 Å². The standard InChI is InChI=1S/C14H18BrN3O/c1-9(2)7-18-13(8-19)16-17-14(18)11-4-5-12(15)10(3)6-11/h4-6,9,19H,7-8H2,1-3H3. The van der Waals surface area contributed by atoms with E-state index in [1.807, 2.05) is 23.6 Å². The fourth-order valence-electron chi connectivity index (χ4n) is 2.01. The first-order chi connectivity index (χ1) is 9.02. The van der Waals surface area contributed by atoms with Gasteiger partial charge in [-0.3, -0.25) is 0 Å². The molecule has 4 nitrogen and oxygen atoms in total. The third-order valence-electron chi connectivity index (χ3n) is 2.93. The maximum absolute atomic E-state index is 9.36. The van der Waals surface area contributed by atoms with Crippen LogP contribution in [0.4, 0.5) is 0 Å². The van der Waals surface area contributed by atoms with Crippen LogP contribution in [0.2, 0.25) is 0 Å². The van der Waals surface area contributed by atoms with Crippen molar-refractivity contribution in [3.05, 3.63) is 34.1 Å². The Morgan fingerprint density at radius 2 is 2.05 bits per heavy atom. The quantitative estimate of drug-likeness (QED) is 0.940. The average molecular weight is 324 g/mol. The third-order valence-corrected chi connectivity index (χ3v) is 3.82. The third kappa shape index (κ3) is 3.04. The monoisotopic (exact) mass is 323 g/mol. The largest absolute Gasteiger partial charge is 0.388 e. The summed E-state index contributed by atoms with van der Waals surface area (Å²) in [6.07, 6.45) is 0. The molecule has 2 aromatic rings. The lowest BCUT2D eigenvalue weighted by Gasteiger charge is -2.12. The van der Waals surface area contributed by atoms with Gasteiger partial charge in [0, 0.05) is 16.6 Å². The second-order valence-electron chi connectivity index (χ2n) is 5.07. The molecule has 0 spiro atoms. The van der Waals surface area contributed by atoms with E-state index in [0.717, 1.165) is 28.0 Å². The fraction of sp³-hybridized carbons (Fsp3) is 0.429. The summed E-state index contributed by atoms with van der Waals surface area (Å²) in [5.41, 5.74) is 2.18. The molecule has 2 rings (SSSR count). The van der Waals surface area contributed by atoms with Gasteiger partial charge in [-0.05, 0) is 30.5 Å². The van der Waals surface area contributed by atoms with Crippen LogP contribution in [0.3, 0.4) is 0 Å². The Morgan fingerprint density at radius 3 is 2.63 bits per heavy atom. The number of aromatic nitrogens is 3. The molecule has 0 aliphatic carbocycles. The highest BCUT2D eigenvalue weighted by atomic mass is 79.9. The molecular weight excluding hydrogens is 306 g/mol. The van der Waals surface area contributed by atoms with Gasteiger partial charge in [-0.25, -0.2) is 0 Å². The van der Waals surface area contributed by atoms with Gasteiger partial charge in [-0.2, -0.15) is 0 Å². The number of halogens is 1. The molecule has 1 aromatic carbocycles. The Hall–Kier alpha value is -1.20. The maximum atomic E-state index is 9.36. The van der Waals surface area contributed by atoms with Gasteiger partial charge in [-0.1, -0.05) is 35.8 Å². The first kappa shape index (κ1) is 14.2. The van der Waals surface area contributed by atoms with Crippen molar-refractivity contribution >= 4 is 15.9 Å². The topological polar surface area (TPSA) is 50.9 Å². The molecule has 0 saturated carbocycles. The molecule has 0 unspecified atom stereocenters. The molecule has 1 heterocycles. The number of benzene rings is 1. The highest BCUT2D eigenvalue weighted by molar-refractivity contribution is 9.10. The van der Waals surface area contributed by atoms with Crippen LogP contribution in [-0.4, -0.2) is 19.9 Å². The van der Waals surface area contributed by atoms with Gasteiger partial charge in [0.05, 0.1) is 0 Å². The van der Waals surface area contributed by atoms with Crippen molar-refractivity contribution in [3.63, 3.8) is 0 Å². The summed E-state index contributed by atoms with van der Waals surface area (Å²) in [6, 6.07) is 6.10. The lowest BCUT2D eigenvalue weighted by atomic mass is 10.1. The zero-order valence-corrected chi connectivity index (χ0v) is 13.0. The number of hydrogen-bond acceptors (Lipinski definition) is 3. The molecule has 0 bridgehead atoms. The van der Waals surface area contributed by atoms with Crippen molar-refractivity contribution in [2.24, 2.45) is 5.92 Å². The van der Waals surface area contributed by atoms with E-state index in [9.17, 15) is 5.11 Å². The molecule has 1 N–H and O–H groups in total. The van der Waals surface area contributed by atoms with E-state index in [2.05, 4.69) is 46.0 Å². The molecule has 5 heteroatoms. The van der Waals surface area contributed by atoms with Crippen LogP contribution in [0.15, 0.2) is 22.7 Å². The van der Waals surface area contributed by atoms with Gasteiger partial charge in [0.25, 0.3) is 0 Å². The number of rotatable bonds is 4. The van der Waals surface area contributed by atoms with Gasteiger partial charge in [0.1, 0.15) is 6.61 Å². The number of nitrogens with zero attached hydrogens (tertiary/aromatic N) is 3. The normalized spacial score (nSPS) is 11.3. The molecule has 19 heavy (non-hydrogen) atoms. The maximum Gasteiger partial charge on any atom is 0.164 e. The summed E-state index contributed by atoms with van der Waals surface area (Å²) in [4.78, 5) is 0. The zero-order chi connectivity index (χ0) is 14.0. The van der Waals surface area contributed by atoms with Crippen LogP contribution in [0.5, 0.6) is 0 Å². The number of hydrogen-bond donors (Lipinski definition) is 1. The molecular formula is C14H18BrN3O. The van der Waals surface area contributed by atoms with Gasteiger partial charge >= 0.3 is 0 Å². The molecule has 0 aliphatic heterocycles. The lowest BCUT2D eigenvalue weighted by Crippen LogP contribution is -2.10. The summed E-state index contributed by atoms with van der Waals surface area (Å²) in [6.45, 7) is 7.03. The van der Waals surface area contributed by atoms with Crippen LogP contribution < -0.4 is 0 Å². The van der Waals surface area contributed by atoms with E-state index in [4.69, 9.17) is 0 Å². The minimum Gasteiger partial charge on any atom is -0.388 e. The van der Waals surface area contributed by atoms with Gasteiger partial charge in [0.2, 0.25) is 0 Å².